The molecule has 1 heterocycles. The minimum atomic E-state index is -0.407. The highest BCUT2D eigenvalue weighted by Gasteiger charge is 2.11. The molecule has 1 unspecified atom stereocenters. The Balaban J connectivity index is 1.88. The average Bonchev–Trinajstić information content (AvgIpc) is 2.66. The van der Waals surface area contributed by atoms with Crippen LogP contribution in [-0.2, 0) is 0 Å². The zero-order chi connectivity index (χ0) is 18.9. The first-order valence-corrected chi connectivity index (χ1v) is 8.48. The molecule has 0 aliphatic heterocycles. The van der Waals surface area contributed by atoms with Crippen LogP contribution in [0, 0.1) is 0 Å². The van der Waals surface area contributed by atoms with E-state index in [1.807, 2.05) is 13.8 Å². The molecule has 2 rings (SSSR count). The molecule has 0 saturated carbocycles. The Morgan fingerprint density at radius 3 is 2.54 bits per heavy atom. The zero-order valence-electron chi connectivity index (χ0n) is 14.5. The quantitative estimate of drug-likeness (QED) is 0.551. The summed E-state index contributed by atoms with van der Waals surface area (Å²) in [5.41, 5.74) is 5.70. The molecule has 1 aromatic heterocycles. The number of hydrazine groups is 1. The van der Waals surface area contributed by atoms with Crippen molar-refractivity contribution in [2.24, 2.45) is 0 Å². The van der Waals surface area contributed by atoms with Gasteiger partial charge in [-0.1, -0.05) is 13.0 Å². The van der Waals surface area contributed by atoms with Gasteiger partial charge in [-0.2, -0.15) is 0 Å². The maximum Gasteiger partial charge on any atom is 0.269 e. The number of hydrogen-bond donors (Lipinski definition) is 3. The van der Waals surface area contributed by atoms with Crippen molar-refractivity contribution in [3.63, 3.8) is 0 Å². The fourth-order valence-corrected chi connectivity index (χ4v) is 2.07. The van der Waals surface area contributed by atoms with Gasteiger partial charge in [0.05, 0.1) is 6.10 Å². The van der Waals surface area contributed by atoms with E-state index >= 15 is 0 Å². The maximum absolute atomic E-state index is 12.3. The van der Waals surface area contributed by atoms with Gasteiger partial charge in [0, 0.05) is 23.5 Å². The van der Waals surface area contributed by atoms with Crippen LogP contribution in [0.1, 0.15) is 41.0 Å². The highest BCUT2D eigenvalue weighted by molar-refractivity contribution is 7.80. The lowest BCUT2D eigenvalue weighted by molar-refractivity contribution is 0.0934. The van der Waals surface area contributed by atoms with Gasteiger partial charge >= 0.3 is 0 Å². The molecule has 0 aliphatic carbocycles. The van der Waals surface area contributed by atoms with E-state index in [-0.39, 0.29) is 11.2 Å². The summed E-state index contributed by atoms with van der Waals surface area (Å²) in [5.74, 6) is -0.194. The van der Waals surface area contributed by atoms with Gasteiger partial charge in [-0.15, -0.1) is 0 Å². The van der Waals surface area contributed by atoms with Gasteiger partial charge in [0.2, 0.25) is 0 Å². The van der Waals surface area contributed by atoms with Crippen molar-refractivity contribution in [1.29, 1.82) is 0 Å². The van der Waals surface area contributed by atoms with E-state index in [0.29, 0.717) is 16.9 Å². The molecule has 7 nitrogen and oxygen atoms in total. The van der Waals surface area contributed by atoms with E-state index in [1.165, 1.54) is 12.4 Å². The molecule has 26 heavy (non-hydrogen) atoms. The number of ether oxygens (including phenoxy) is 1. The lowest BCUT2D eigenvalue weighted by Crippen LogP contribution is -2.48. The summed E-state index contributed by atoms with van der Waals surface area (Å²) in [4.78, 5) is 28.0. The van der Waals surface area contributed by atoms with E-state index in [1.54, 1.807) is 36.4 Å². The molecule has 0 aliphatic rings. The van der Waals surface area contributed by atoms with Crippen LogP contribution in [-0.4, -0.2) is 28.0 Å². The SMILES string of the molecule is CCC(C)Oc1cccc(C(=O)NC(=S)NNC(=O)c2ccncc2)c1. The predicted octanol–water partition coefficient (Wildman–Crippen LogP) is 2.21. The molecule has 1 aromatic carbocycles. The Morgan fingerprint density at radius 2 is 1.85 bits per heavy atom. The zero-order valence-corrected chi connectivity index (χ0v) is 15.3. The first-order chi connectivity index (χ1) is 12.5. The normalized spacial score (nSPS) is 11.2. The number of hydrogen-bond acceptors (Lipinski definition) is 5. The fourth-order valence-electron chi connectivity index (χ4n) is 1.92. The summed E-state index contributed by atoms with van der Waals surface area (Å²) in [6.45, 7) is 3.98. The maximum atomic E-state index is 12.3. The van der Waals surface area contributed by atoms with E-state index < -0.39 is 11.8 Å². The van der Waals surface area contributed by atoms with Crippen molar-refractivity contribution >= 4 is 29.1 Å². The van der Waals surface area contributed by atoms with Crippen molar-refractivity contribution in [2.75, 3.05) is 0 Å². The third-order valence-electron chi connectivity index (χ3n) is 3.47. The van der Waals surface area contributed by atoms with Gasteiger partial charge < -0.3 is 4.74 Å². The van der Waals surface area contributed by atoms with Gasteiger partial charge in [0.25, 0.3) is 11.8 Å². The van der Waals surface area contributed by atoms with E-state index in [9.17, 15) is 9.59 Å². The summed E-state index contributed by atoms with van der Waals surface area (Å²) < 4.78 is 5.70. The number of nitrogens with zero attached hydrogens (tertiary/aromatic N) is 1. The first kappa shape index (κ1) is 19.3. The first-order valence-electron chi connectivity index (χ1n) is 8.08. The number of benzene rings is 1. The van der Waals surface area contributed by atoms with E-state index in [2.05, 4.69) is 21.2 Å². The van der Waals surface area contributed by atoms with E-state index in [4.69, 9.17) is 17.0 Å². The topological polar surface area (TPSA) is 92.4 Å². The molecule has 0 bridgehead atoms. The van der Waals surface area contributed by atoms with Crippen LogP contribution in [0.3, 0.4) is 0 Å². The van der Waals surface area contributed by atoms with Crippen LogP contribution >= 0.6 is 12.2 Å². The summed E-state index contributed by atoms with van der Waals surface area (Å²) in [7, 11) is 0. The highest BCUT2D eigenvalue weighted by atomic mass is 32.1. The number of thiocarbonyl (C=S) groups is 1. The molecule has 1 atom stereocenters. The highest BCUT2D eigenvalue weighted by Crippen LogP contribution is 2.15. The van der Waals surface area contributed by atoms with Crippen LogP contribution in [0.25, 0.3) is 0 Å². The lowest BCUT2D eigenvalue weighted by Gasteiger charge is -2.14. The Bertz CT molecular complexity index is 783. The smallest absolute Gasteiger partial charge is 0.269 e. The van der Waals surface area contributed by atoms with E-state index in [0.717, 1.165) is 6.42 Å². The van der Waals surface area contributed by atoms with Gasteiger partial charge in [-0.05, 0) is 55.9 Å². The molecular weight excluding hydrogens is 352 g/mol. The summed E-state index contributed by atoms with van der Waals surface area (Å²) >= 11 is 5.02. The largest absolute Gasteiger partial charge is 0.491 e. The monoisotopic (exact) mass is 372 g/mol. The Hall–Kier alpha value is -3.00. The summed E-state index contributed by atoms with van der Waals surface area (Å²) in [5, 5.41) is 2.47. The number of amides is 2. The van der Waals surface area contributed by atoms with Crippen molar-refractivity contribution in [3.8, 4) is 5.75 Å². The van der Waals surface area contributed by atoms with Crippen molar-refractivity contribution < 1.29 is 14.3 Å². The number of rotatable bonds is 5. The molecule has 8 heteroatoms. The molecular formula is C18H20N4O3S. The van der Waals surface area contributed by atoms with Gasteiger partial charge in [0.1, 0.15) is 5.75 Å². The number of carbonyl (C=O) groups is 2. The second kappa shape index (κ2) is 9.47. The molecule has 0 radical (unpaired) electrons. The van der Waals surface area contributed by atoms with Crippen molar-refractivity contribution in [1.82, 2.24) is 21.2 Å². The molecule has 3 N–H and O–H groups in total. The van der Waals surface area contributed by atoms with Crippen LogP contribution in [0.5, 0.6) is 5.75 Å². The van der Waals surface area contributed by atoms with Crippen LogP contribution in [0.2, 0.25) is 0 Å². The molecule has 136 valence electrons. The van der Waals surface area contributed by atoms with Crippen LogP contribution < -0.4 is 20.9 Å². The summed E-state index contributed by atoms with van der Waals surface area (Å²) in [6, 6.07) is 9.92. The third-order valence-corrected chi connectivity index (χ3v) is 3.67. The van der Waals surface area contributed by atoms with Crippen molar-refractivity contribution in [3.05, 3.63) is 59.9 Å². The second-order valence-corrected chi connectivity index (χ2v) is 5.87. The number of nitrogens with one attached hydrogen (secondary N) is 3. The number of aromatic nitrogens is 1. The third kappa shape index (κ3) is 5.82. The number of pyridine rings is 1. The van der Waals surface area contributed by atoms with Gasteiger partial charge in [0.15, 0.2) is 5.11 Å². The lowest BCUT2D eigenvalue weighted by atomic mass is 10.2. The predicted molar refractivity (Wildman–Crippen MR) is 102 cm³/mol. The Labute approximate surface area is 157 Å². The Morgan fingerprint density at radius 1 is 1.12 bits per heavy atom. The molecule has 2 amide bonds. The number of carbonyl (C=O) groups excluding carboxylic acids is 2. The standard InChI is InChI=1S/C18H20N4O3S/c1-3-12(2)25-15-6-4-5-14(11-15)16(23)20-18(26)22-21-17(24)13-7-9-19-10-8-13/h4-12H,3H2,1-2H3,(H,21,24)(H2,20,22,23,26). The van der Waals surface area contributed by atoms with Crippen LogP contribution in [0.4, 0.5) is 0 Å². The Kier molecular flexibility index (Phi) is 7.04. The summed E-state index contributed by atoms with van der Waals surface area (Å²) in [6.07, 6.45) is 3.92. The molecule has 0 spiro atoms. The van der Waals surface area contributed by atoms with Gasteiger partial charge in [-0.3, -0.25) is 30.7 Å². The fraction of sp³-hybridized carbons (Fsp3) is 0.222. The minimum absolute atomic E-state index is 0.0225. The minimum Gasteiger partial charge on any atom is -0.491 e. The molecule has 2 aromatic rings. The van der Waals surface area contributed by atoms with Gasteiger partial charge in [-0.25, -0.2) is 0 Å². The van der Waals surface area contributed by atoms with Crippen LogP contribution in [0.15, 0.2) is 48.8 Å². The molecule has 0 fully saturated rings. The van der Waals surface area contributed by atoms with Crippen molar-refractivity contribution in [2.45, 2.75) is 26.4 Å². The molecule has 0 saturated heterocycles. The second-order valence-electron chi connectivity index (χ2n) is 5.46. The average molecular weight is 372 g/mol.